The third kappa shape index (κ3) is 5.41. The Morgan fingerprint density at radius 2 is 2.09 bits per heavy atom. The highest BCUT2D eigenvalue weighted by Crippen LogP contribution is 2.33. The maximum absolute atomic E-state index is 13.6. The number of aromatic nitrogens is 1. The van der Waals surface area contributed by atoms with Crippen molar-refractivity contribution in [2.75, 3.05) is 51.4 Å². The summed E-state index contributed by atoms with van der Waals surface area (Å²) in [5.41, 5.74) is 0.631. The number of methoxy groups -OCH3 is 1. The molecule has 1 aromatic heterocycles. The van der Waals surface area contributed by atoms with Crippen molar-refractivity contribution < 1.29 is 19.2 Å². The first-order valence-corrected chi connectivity index (χ1v) is 11.7. The van der Waals surface area contributed by atoms with Gasteiger partial charge in [-0.2, -0.15) is 0 Å². The zero-order valence-electron chi connectivity index (χ0n) is 18.0. The molecular weight excluding hydrogens is 468 g/mol. The van der Waals surface area contributed by atoms with Gasteiger partial charge in [0, 0.05) is 38.3 Å². The Morgan fingerprint density at radius 3 is 2.82 bits per heavy atom. The smallest absolute Gasteiger partial charge is 0.270 e. The number of nitro benzene ring substituents is 1. The van der Waals surface area contributed by atoms with E-state index in [4.69, 9.17) is 21.1 Å². The Hall–Kier alpha value is -2.79. The van der Waals surface area contributed by atoms with E-state index in [1.807, 2.05) is 18.2 Å². The molecule has 0 aliphatic carbocycles. The lowest BCUT2D eigenvalue weighted by molar-refractivity contribution is -0.384. The Bertz CT molecular complexity index is 1160. The van der Waals surface area contributed by atoms with Gasteiger partial charge in [0.25, 0.3) is 11.6 Å². The van der Waals surface area contributed by atoms with E-state index in [0.717, 1.165) is 29.9 Å². The van der Waals surface area contributed by atoms with Gasteiger partial charge in [0.15, 0.2) is 5.13 Å². The van der Waals surface area contributed by atoms with Crippen molar-refractivity contribution in [2.24, 2.45) is 0 Å². The quantitative estimate of drug-likeness (QED) is 0.344. The number of fused-ring (bicyclic) bond motifs is 1. The van der Waals surface area contributed by atoms with Crippen LogP contribution in [-0.4, -0.2) is 67.2 Å². The number of carbonyl (C=O) groups is 1. The number of nitrogens with zero attached hydrogens (tertiary/aromatic N) is 4. The molecule has 0 radical (unpaired) electrons. The van der Waals surface area contributed by atoms with Gasteiger partial charge >= 0.3 is 0 Å². The molecule has 0 bridgehead atoms. The predicted octanol–water partition coefficient (Wildman–Crippen LogP) is 4.24. The number of carbonyl (C=O) groups excluding carboxylic acids is 1. The zero-order valence-corrected chi connectivity index (χ0v) is 19.6. The van der Waals surface area contributed by atoms with Crippen LogP contribution in [0, 0.1) is 10.1 Å². The van der Waals surface area contributed by atoms with Crippen LogP contribution in [-0.2, 0) is 4.74 Å². The summed E-state index contributed by atoms with van der Waals surface area (Å²) < 4.78 is 11.6. The Morgan fingerprint density at radius 1 is 1.30 bits per heavy atom. The van der Waals surface area contributed by atoms with Gasteiger partial charge < -0.3 is 9.47 Å². The Kier molecular flexibility index (Phi) is 7.39. The van der Waals surface area contributed by atoms with E-state index < -0.39 is 10.8 Å². The molecule has 0 spiro atoms. The lowest BCUT2D eigenvalue weighted by Crippen LogP contribution is -2.39. The first-order valence-electron chi connectivity index (χ1n) is 10.5. The molecule has 9 nitrogen and oxygen atoms in total. The number of hydrogen-bond donors (Lipinski definition) is 0. The molecule has 1 amide bonds. The van der Waals surface area contributed by atoms with Gasteiger partial charge in [0.2, 0.25) is 0 Å². The Balaban J connectivity index is 1.64. The second-order valence-electron chi connectivity index (χ2n) is 7.52. The number of hydrogen-bond acceptors (Lipinski definition) is 8. The molecule has 0 N–H and O–H groups in total. The van der Waals surface area contributed by atoms with Gasteiger partial charge in [-0.1, -0.05) is 22.9 Å². The molecule has 1 saturated heterocycles. The maximum atomic E-state index is 13.6. The number of benzene rings is 2. The number of amides is 1. The molecule has 0 saturated carbocycles. The van der Waals surface area contributed by atoms with Crippen molar-refractivity contribution in [3.05, 3.63) is 57.1 Å². The highest BCUT2D eigenvalue weighted by atomic mass is 35.5. The molecule has 11 heteroatoms. The maximum Gasteiger partial charge on any atom is 0.270 e. The van der Waals surface area contributed by atoms with Gasteiger partial charge in [-0.3, -0.25) is 24.7 Å². The van der Waals surface area contributed by atoms with E-state index in [1.54, 1.807) is 12.0 Å². The third-order valence-corrected chi connectivity index (χ3v) is 6.78. The standard InChI is InChI=1S/C22H23ClN4O5S/c1-31-16-4-6-19-20(14-16)33-22(24-19)26(8-2-7-25-9-11-32-12-10-25)21(28)17-13-15(27(29)30)3-5-18(17)23/h3-6,13-14H,2,7-12H2,1H3. The van der Waals surface area contributed by atoms with Crippen LogP contribution in [0.5, 0.6) is 5.75 Å². The van der Waals surface area contributed by atoms with Crippen molar-refractivity contribution in [3.63, 3.8) is 0 Å². The van der Waals surface area contributed by atoms with Crippen LogP contribution in [0.25, 0.3) is 10.2 Å². The van der Waals surface area contributed by atoms with E-state index >= 15 is 0 Å². The SMILES string of the molecule is COc1ccc2nc(N(CCCN3CCOCC3)C(=O)c3cc([N+](=O)[O-])ccc3Cl)sc2c1. The molecule has 4 rings (SSSR count). The summed E-state index contributed by atoms with van der Waals surface area (Å²) in [5, 5.41) is 11.9. The van der Waals surface area contributed by atoms with Crippen molar-refractivity contribution in [3.8, 4) is 5.75 Å². The fourth-order valence-corrected chi connectivity index (χ4v) is 4.85. The molecule has 174 valence electrons. The summed E-state index contributed by atoms with van der Waals surface area (Å²) in [7, 11) is 1.59. The van der Waals surface area contributed by atoms with Crippen LogP contribution >= 0.6 is 22.9 Å². The third-order valence-electron chi connectivity index (χ3n) is 5.41. The highest BCUT2D eigenvalue weighted by Gasteiger charge is 2.25. The number of anilines is 1. The van der Waals surface area contributed by atoms with Crippen LogP contribution in [0.3, 0.4) is 0 Å². The molecule has 0 unspecified atom stereocenters. The van der Waals surface area contributed by atoms with Crippen LogP contribution in [0.4, 0.5) is 10.8 Å². The number of halogens is 1. The second kappa shape index (κ2) is 10.4. The average Bonchev–Trinajstić information content (AvgIpc) is 3.25. The predicted molar refractivity (Wildman–Crippen MR) is 128 cm³/mol. The molecular formula is C22H23ClN4O5S. The molecule has 1 fully saturated rings. The summed E-state index contributed by atoms with van der Waals surface area (Å²) in [6.45, 7) is 4.30. The van der Waals surface area contributed by atoms with Crippen LogP contribution in [0.1, 0.15) is 16.8 Å². The molecule has 33 heavy (non-hydrogen) atoms. The summed E-state index contributed by atoms with van der Waals surface area (Å²) in [5.74, 6) is 0.279. The van der Waals surface area contributed by atoms with E-state index in [0.29, 0.717) is 37.1 Å². The fraction of sp³-hybridized carbons (Fsp3) is 0.364. The van der Waals surface area contributed by atoms with Crippen molar-refractivity contribution in [1.82, 2.24) is 9.88 Å². The molecule has 1 aliphatic heterocycles. The van der Waals surface area contributed by atoms with Crippen molar-refractivity contribution in [1.29, 1.82) is 0 Å². The minimum atomic E-state index is -0.542. The number of thiazole rings is 1. The van der Waals surface area contributed by atoms with Gasteiger partial charge in [0.1, 0.15) is 5.75 Å². The summed E-state index contributed by atoms with van der Waals surface area (Å²) in [6, 6.07) is 9.40. The molecule has 2 heterocycles. The van der Waals surface area contributed by atoms with Crippen molar-refractivity contribution in [2.45, 2.75) is 6.42 Å². The first-order chi connectivity index (χ1) is 16.0. The van der Waals surface area contributed by atoms with Gasteiger partial charge in [-0.05, 0) is 30.7 Å². The Labute approximate surface area is 199 Å². The number of rotatable bonds is 8. The van der Waals surface area contributed by atoms with Crippen LogP contribution in [0.2, 0.25) is 5.02 Å². The normalized spacial score (nSPS) is 14.4. The number of ether oxygens (including phenoxy) is 2. The van der Waals surface area contributed by atoms with E-state index in [9.17, 15) is 14.9 Å². The number of morpholine rings is 1. The minimum Gasteiger partial charge on any atom is -0.497 e. The largest absolute Gasteiger partial charge is 0.497 e. The molecule has 2 aromatic carbocycles. The highest BCUT2D eigenvalue weighted by molar-refractivity contribution is 7.22. The van der Waals surface area contributed by atoms with E-state index in [1.165, 1.54) is 29.5 Å². The van der Waals surface area contributed by atoms with Gasteiger partial charge in [-0.25, -0.2) is 4.98 Å². The lowest BCUT2D eigenvalue weighted by atomic mass is 10.1. The van der Waals surface area contributed by atoms with Crippen LogP contribution in [0.15, 0.2) is 36.4 Å². The zero-order chi connectivity index (χ0) is 23.4. The second-order valence-corrected chi connectivity index (χ2v) is 8.93. The molecule has 3 aromatic rings. The minimum absolute atomic E-state index is 0.0778. The summed E-state index contributed by atoms with van der Waals surface area (Å²) in [4.78, 5) is 32.8. The topological polar surface area (TPSA) is 98.0 Å². The fourth-order valence-electron chi connectivity index (χ4n) is 3.63. The van der Waals surface area contributed by atoms with E-state index in [2.05, 4.69) is 9.88 Å². The van der Waals surface area contributed by atoms with Gasteiger partial charge in [-0.15, -0.1) is 0 Å². The van der Waals surface area contributed by atoms with Gasteiger partial charge in [0.05, 0.1) is 46.0 Å². The van der Waals surface area contributed by atoms with Crippen LogP contribution < -0.4 is 9.64 Å². The number of nitro groups is 1. The average molecular weight is 491 g/mol. The summed E-state index contributed by atoms with van der Waals surface area (Å²) in [6.07, 6.45) is 0.706. The first kappa shape index (κ1) is 23.4. The molecule has 1 aliphatic rings. The van der Waals surface area contributed by atoms with Crippen molar-refractivity contribution >= 4 is 49.9 Å². The summed E-state index contributed by atoms with van der Waals surface area (Å²) >= 11 is 7.64. The van der Waals surface area contributed by atoms with E-state index in [-0.39, 0.29) is 16.3 Å². The molecule has 0 atom stereocenters. The number of non-ortho nitro benzene ring substituents is 1. The monoisotopic (exact) mass is 490 g/mol. The lowest BCUT2D eigenvalue weighted by Gasteiger charge is -2.27.